The third-order valence-corrected chi connectivity index (χ3v) is 3.92. The van der Waals surface area contributed by atoms with Crippen LogP contribution in [-0.2, 0) is 6.54 Å². The second-order valence-corrected chi connectivity index (χ2v) is 5.36. The van der Waals surface area contributed by atoms with E-state index in [1.54, 1.807) is 23.5 Å². The summed E-state index contributed by atoms with van der Waals surface area (Å²) in [7, 11) is 0. The van der Waals surface area contributed by atoms with Crippen LogP contribution in [0.5, 0.6) is 0 Å². The van der Waals surface area contributed by atoms with Crippen molar-refractivity contribution in [3.63, 3.8) is 0 Å². The van der Waals surface area contributed by atoms with E-state index in [1.165, 1.54) is 4.88 Å². The van der Waals surface area contributed by atoms with E-state index in [1.807, 2.05) is 12.1 Å². The van der Waals surface area contributed by atoms with Gasteiger partial charge in [-0.25, -0.2) is 0 Å². The van der Waals surface area contributed by atoms with Crippen molar-refractivity contribution < 1.29 is 4.79 Å². The molecule has 0 radical (unpaired) electrons. The first-order valence-electron chi connectivity index (χ1n) is 5.76. The van der Waals surface area contributed by atoms with Gasteiger partial charge < -0.3 is 4.90 Å². The second-order valence-electron chi connectivity index (χ2n) is 3.92. The Morgan fingerprint density at radius 3 is 2.78 bits per heavy atom. The predicted octanol–water partition coefficient (Wildman–Crippen LogP) is 4.24. The Morgan fingerprint density at radius 1 is 1.39 bits per heavy atom. The fraction of sp³-hybridized carbons (Fsp3) is 0.214. The summed E-state index contributed by atoms with van der Waals surface area (Å²) < 4.78 is 0. The van der Waals surface area contributed by atoms with Crippen LogP contribution in [0, 0.1) is 0 Å². The van der Waals surface area contributed by atoms with Crippen LogP contribution in [0.25, 0.3) is 0 Å². The quantitative estimate of drug-likeness (QED) is 0.763. The third-order valence-electron chi connectivity index (χ3n) is 2.76. The number of nitrogens with zero attached hydrogens (tertiary/aromatic N) is 1. The Balaban J connectivity index is 2.24. The molecular weight excluding hydrogens is 266 g/mol. The molecule has 0 amide bonds. The molecule has 2 nitrogen and oxygen atoms in total. The van der Waals surface area contributed by atoms with Crippen LogP contribution in [-0.4, -0.2) is 12.8 Å². The molecule has 4 heteroatoms. The predicted molar refractivity (Wildman–Crippen MR) is 77.9 cm³/mol. The lowest BCUT2D eigenvalue weighted by molar-refractivity contribution is 0.112. The van der Waals surface area contributed by atoms with E-state index in [4.69, 9.17) is 11.6 Å². The van der Waals surface area contributed by atoms with E-state index in [2.05, 4.69) is 23.3 Å². The van der Waals surface area contributed by atoms with Gasteiger partial charge in [0.15, 0.2) is 0 Å². The van der Waals surface area contributed by atoms with Gasteiger partial charge in [-0.1, -0.05) is 17.7 Å². The van der Waals surface area contributed by atoms with E-state index in [9.17, 15) is 4.79 Å². The van der Waals surface area contributed by atoms with Gasteiger partial charge in [0, 0.05) is 17.0 Å². The van der Waals surface area contributed by atoms with Crippen molar-refractivity contribution in [3.8, 4) is 0 Å². The fourth-order valence-electron chi connectivity index (χ4n) is 1.81. The van der Waals surface area contributed by atoms with Crippen molar-refractivity contribution in [2.24, 2.45) is 0 Å². The number of hydrogen-bond acceptors (Lipinski definition) is 3. The number of carbonyl (C=O) groups is 1. The van der Waals surface area contributed by atoms with Crippen molar-refractivity contribution in [2.75, 3.05) is 11.4 Å². The van der Waals surface area contributed by atoms with E-state index in [0.29, 0.717) is 10.6 Å². The molecule has 0 bridgehead atoms. The molecule has 0 aliphatic heterocycles. The molecule has 0 saturated carbocycles. The molecule has 0 unspecified atom stereocenters. The zero-order valence-electron chi connectivity index (χ0n) is 10.1. The number of rotatable bonds is 5. The zero-order valence-corrected chi connectivity index (χ0v) is 11.7. The first-order valence-corrected chi connectivity index (χ1v) is 7.02. The molecule has 18 heavy (non-hydrogen) atoms. The van der Waals surface area contributed by atoms with Crippen molar-refractivity contribution in [3.05, 3.63) is 51.2 Å². The van der Waals surface area contributed by atoms with Gasteiger partial charge in [-0.2, -0.15) is 0 Å². The van der Waals surface area contributed by atoms with Gasteiger partial charge in [0.2, 0.25) is 0 Å². The van der Waals surface area contributed by atoms with Gasteiger partial charge in [-0.3, -0.25) is 4.79 Å². The molecular formula is C14H14ClNOS. The van der Waals surface area contributed by atoms with Crippen molar-refractivity contribution in [1.29, 1.82) is 0 Å². The Morgan fingerprint density at radius 2 is 2.22 bits per heavy atom. The molecule has 94 valence electrons. The molecule has 0 aliphatic rings. The van der Waals surface area contributed by atoms with E-state index in [-0.39, 0.29) is 0 Å². The molecule has 0 saturated heterocycles. The highest BCUT2D eigenvalue weighted by molar-refractivity contribution is 7.09. The minimum Gasteiger partial charge on any atom is -0.365 e. The number of hydrogen-bond donors (Lipinski definition) is 0. The number of halogens is 1. The highest BCUT2D eigenvalue weighted by Gasteiger charge is 2.10. The summed E-state index contributed by atoms with van der Waals surface area (Å²) in [6.45, 7) is 3.81. The fourth-order valence-corrected chi connectivity index (χ4v) is 2.84. The van der Waals surface area contributed by atoms with Gasteiger partial charge in [-0.05, 0) is 36.6 Å². The molecule has 1 aromatic heterocycles. The maximum atomic E-state index is 10.7. The molecule has 1 aromatic carbocycles. The van der Waals surface area contributed by atoms with Crippen molar-refractivity contribution >= 4 is 34.9 Å². The van der Waals surface area contributed by atoms with Crippen LogP contribution in [0.15, 0.2) is 35.7 Å². The summed E-state index contributed by atoms with van der Waals surface area (Å²) >= 11 is 7.96. The van der Waals surface area contributed by atoms with E-state index >= 15 is 0 Å². The molecule has 0 spiro atoms. The smallest absolute Gasteiger partial charge is 0.150 e. The SMILES string of the molecule is CCN(Cc1cccs1)c1ccc(C=O)cc1Cl. The normalized spacial score (nSPS) is 10.3. The lowest BCUT2D eigenvalue weighted by atomic mass is 10.2. The number of aldehydes is 1. The van der Waals surface area contributed by atoms with Gasteiger partial charge in [0.25, 0.3) is 0 Å². The summed E-state index contributed by atoms with van der Waals surface area (Å²) in [6.07, 6.45) is 0.811. The average Bonchev–Trinajstić information content (AvgIpc) is 2.89. The summed E-state index contributed by atoms with van der Waals surface area (Å²) in [5, 5.41) is 2.69. The first-order chi connectivity index (χ1) is 8.74. The standard InChI is InChI=1S/C14H14ClNOS/c1-2-16(9-12-4-3-7-18-12)14-6-5-11(10-17)8-13(14)15/h3-8,10H,2,9H2,1H3. The van der Waals surface area contributed by atoms with Crippen LogP contribution in [0.3, 0.4) is 0 Å². The molecule has 0 N–H and O–H groups in total. The number of benzene rings is 1. The highest BCUT2D eigenvalue weighted by atomic mass is 35.5. The Hall–Kier alpha value is -1.32. The summed E-state index contributed by atoms with van der Waals surface area (Å²) in [5.41, 5.74) is 1.58. The largest absolute Gasteiger partial charge is 0.365 e. The second kappa shape index (κ2) is 6.03. The van der Waals surface area contributed by atoms with Gasteiger partial charge in [0.1, 0.15) is 6.29 Å². The molecule has 0 atom stereocenters. The maximum absolute atomic E-state index is 10.7. The van der Waals surface area contributed by atoms with Crippen LogP contribution in [0.2, 0.25) is 5.02 Å². The number of carbonyl (C=O) groups excluding carboxylic acids is 1. The van der Waals surface area contributed by atoms with Crippen LogP contribution in [0.1, 0.15) is 22.2 Å². The molecule has 2 aromatic rings. The molecule has 2 rings (SSSR count). The maximum Gasteiger partial charge on any atom is 0.150 e. The average molecular weight is 280 g/mol. The van der Waals surface area contributed by atoms with E-state index < -0.39 is 0 Å². The van der Waals surface area contributed by atoms with Crippen molar-refractivity contribution in [1.82, 2.24) is 0 Å². The van der Waals surface area contributed by atoms with Crippen LogP contribution in [0.4, 0.5) is 5.69 Å². The Kier molecular flexibility index (Phi) is 4.39. The minimum absolute atomic E-state index is 0.607. The summed E-state index contributed by atoms with van der Waals surface area (Å²) in [5.74, 6) is 0. The third kappa shape index (κ3) is 2.92. The Bertz CT molecular complexity index is 525. The summed E-state index contributed by atoms with van der Waals surface area (Å²) in [4.78, 5) is 14.2. The zero-order chi connectivity index (χ0) is 13.0. The molecule has 0 aliphatic carbocycles. The number of thiophene rings is 1. The Labute approximate surface area is 116 Å². The van der Waals surface area contributed by atoms with E-state index in [0.717, 1.165) is 25.1 Å². The number of anilines is 1. The van der Waals surface area contributed by atoms with Gasteiger partial charge >= 0.3 is 0 Å². The van der Waals surface area contributed by atoms with Gasteiger partial charge in [0.05, 0.1) is 17.3 Å². The lowest BCUT2D eigenvalue weighted by Crippen LogP contribution is -2.21. The molecule has 0 fully saturated rings. The lowest BCUT2D eigenvalue weighted by Gasteiger charge is -2.23. The molecule has 1 heterocycles. The van der Waals surface area contributed by atoms with Crippen molar-refractivity contribution in [2.45, 2.75) is 13.5 Å². The summed E-state index contributed by atoms with van der Waals surface area (Å²) in [6, 6.07) is 9.57. The monoisotopic (exact) mass is 279 g/mol. The van der Waals surface area contributed by atoms with Crippen LogP contribution < -0.4 is 4.90 Å². The highest BCUT2D eigenvalue weighted by Crippen LogP contribution is 2.28. The van der Waals surface area contributed by atoms with Gasteiger partial charge in [-0.15, -0.1) is 11.3 Å². The van der Waals surface area contributed by atoms with Crippen LogP contribution >= 0.6 is 22.9 Å². The first kappa shape index (κ1) is 13.1. The minimum atomic E-state index is 0.607. The topological polar surface area (TPSA) is 20.3 Å².